The van der Waals surface area contributed by atoms with Crippen LogP contribution >= 0.6 is 0 Å². The van der Waals surface area contributed by atoms with Gasteiger partial charge < -0.3 is 0 Å². The van der Waals surface area contributed by atoms with Gasteiger partial charge in [0.25, 0.3) is 0 Å². The van der Waals surface area contributed by atoms with Gasteiger partial charge in [-0.3, -0.25) is 10.0 Å². The van der Waals surface area contributed by atoms with Gasteiger partial charge in [0.15, 0.2) is 0 Å². The Hall–Kier alpha value is -0.120. The Bertz CT molecular complexity index is 78.5. The molecule has 0 aliphatic rings. The van der Waals surface area contributed by atoms with Crippen LogP contribution in [0.15, 0.2) is 0 Å². The van der Waals surface area contributed by atoms with Crippen LogP contribution in [0.2, 0.25) is 0 Å². The van der Waals surface area contributed by atoms with Gasteiger partial charge in [0.05, 0.1) is 6.61 Å². The minimum absolute atomic E-state index is 0.522. The van der Waals surface area contributed by atoms with Crippen LogP contribution in [0, 0.1) is 0 Å². The van der Waals surface area contributed by atoms with E-state index < -0.39 is 0 Å². The minimum atomic E-state index is 0.522. The molecule has 0 aliphatic carbocycles. The maximum absolute atomic E-state index is 8.83. The Morgan fingerprint density at radius 2 is 1.91 bits per heavy atom. The molecule has 1 N–H and O–H groups in total. The Morgan fingerprint density at radius 3 is 2.45 bits per heavy atom. The van der Waals surface area contributed by atoms with Gasteiger partial charge in [-0.2, -0.15) is 0 Å². The number of nitrogens with zero attached hydrogens (tertiary/aromatic N) is 1. The van der Waals surface area contributed by atoms with Crippen molar-refractivity contribution in [1.29, 1.82) is 0 Å². The fourth-order valence-corrected chi connectivity index (χ4v) is 0.790. The first-order valence-corrected chi connectivity index (χ1v) is 4.40. The zero-order chi connectivity index (χ0) is 8.53. The van der Waals surface area contributed by atoms with Gasteiger partial charge in [0.1, 0.15) is 0 Å². The highest BCUT2D eigenvalue weighted by atomic mass is 16.9. The van der Waals surface area contributed by atoms with Crippen molar-refractivity contribution >= 4 is 0 Å². The van der Waals surface area contributed by atoms with Gasteiger partial charge in [-0.05, 0) is 13.3 Å². The largest absolute Gasteiger partial charge is 0.290 e. The van der Waals surface area contributed by atoms with Crippen molar-refractivity contribution in [3.05, 3.63) is 0 Å². The number of hydrogen-bond donors (Lipinski definition) is 1. The van der Waals surface area contributed by atoms with Gasteiger partial charge in [-0.25, -0.2) is 0 Å². The average molecular weight is 161 g/mol. The molecule has 0 aliphatic heterocycles. The number of rotatable bonds is 7. The molecule has 0 rings (SSSR count). The highest BCUT2D eigenvalue weighted by Crippen LogP contribution is 1.99. The van der Waals surface area contributed by atoms with Gasteiger partial charge in [-0.15, -0.1) is 0 Å². The lowest BCUT2D eigenvalue weighted by molar-refractivity contribution is -0.337. The second-order valence-corrected chi connectivity index (χ2v) is 2.56. The summed E-state index contributed by atoms with van der Waals surface area (Å²) in [6.07, 6.45) is 4.70. The van der Waals surface area contributed by atoms with Crippen LogP contribution in [0.25, 0.3) is 0 Å². The summed E-state index contributed by atoms with van der Waals surface area (Å²) < 4.78 is 0. The van der Waals surface area contributed by atoms with Crippen molar-refractivity contribution in [3.63, 3.8) is 0 Å². The van der Waals surface area contributed by atoms with Crippen molar-refractivity contribution in [2.75, 3.05) is 13.2 Å². The smallest absolute Gasteiger partial charge is 0.0711 e. The molecule has 0 fully saturated rings. The summed E-state index contributed by atoms with van der Waals surface area (Å²) in [5.41, 5.74) is 0. The first-order chi connectivity index (χ1) is 5.31. The molecular weight excluding hydrogens is 142 g/mol. The van der Waals surface area contributed by atoms with Crippen molar-refractivity contribution in [3.8, 4) is 0 Å². The maximum atomic E-state index is 8.83. The van der Waals surface area contributed by atoms with Gasteiger partial charge in [-0.1, -0.05) is 31.4 Å². The zero-order valence-corrected chi connectivity index (χ0v) is 7.55. The minimum Gasteiger partial charge on any atom is -0.290 e. The molecule has 0 radical (unpaired) electrons. The van der Waals surface area contributed by atoms with Crippen molar-refractivity contribution < 1.29 is 10.0 Å². The maximum Gasteiger partial charge on any atom is 0.0711 e. The summed E-state index contributed by atoms with van der Waals surface area (Å²) in [4.78, 5) is 4.93. The fourth-order valence-electron chi connectivity index (χ4n) is 0.790. The molecule has 0 spiro atoms. The van der Waals surface area contributed by atoms with E-state index in [4.69, 9.17) is 10.0 Å². The highest BCUT2D eigenvalue weighted by Gasteiger charge is 1.94. The second-order valence-electron chi connectivity index (χ2n) is 2.56. The Kier molecular flexibility index (Phi) is 7.89. The third-order valence-electron chi connectivity index (χ3n) is 1.51. The quantitative estimate of drug-likeness (QED) is 0.459. The first-order valence-electron chi connectivity index (χ1n) is 4.40. The third kappa shape index (κ3) is 7.78. The van der Waals surface area contributed by atoms with E-state index in [1.807, 2.05) is 6.92 Å². The topological polar surface area (TPSA) is 32.7 Å². The number of hydroxylamine groups is 2. The van der Waals surface area contributed by atoms with Crippen LogP contribution in [0.4, 0.5) is 0 Å². The zero-order valence-electron chi connectivity index (χ0n) is 7.55. The van der Waals surface area contributed by atoms with Gasteiger partial charge in [0, 0.05) is 6.54 Å². The molecule has 0 heterocycles. The third-order valence-corrected chi connectivity index (χ3v) is 1.51. The van der Waals surface area contributed by atoms with Crippen LogP contribution in [0.1, 0.15) is 39.5 Å². The molecule has 0 aromatic heterocycles. The first kappa shape index (κ1) is 10.9. The predicted octanol–water partition coefficient (Wildman–Crippen LogP) is 2.21. The lowest BCUT2D eigenvalue weighted by atomic mass is 10.2. The molecule has 0 atom stereocenters. The SMILES string of the molecule is CCCCCCON(O)CC. The van der Waals surface area contributed by atoms with E-state index in [2.05, 4.69) is 6.92 Å². The van der Waals surface area contributed by atoms with Crippen molar-refractivity contribution in [2.45, 2.75) is 39.5 Å². The lowest BCUT2D eigenvalue weighted by Crippen LogP contribution is -2.19. The van der Waals surface area contributed by atoms with E-state index in [9.17, 15) is 0 Å². The molecule has 0 aromatic rings. The molecule has 0 saturated carbocycles. The van der Waals surface area contributed by atoms with E-state index in [0.29, 0.717) is 13.2 Å². The normalized spacial score (nSPS) is 10.9. The van der Waals surface area contributed by atoms with E-state index in [0.717, 1.165) is 11.6 Å². The number of unbranched alkanes of at least 4 members (excludes halogenated alkanes) is 3. The summed E-state index contributed by atoms with van der Waals surface area (Å²) >= 11 is 0. The van der Waals surface area contributed by atoms with E-state index in [1.54, 1.807) is 0 Å². The molecule has 0 amide bonds. The van der Waals surface area contributed by atoms with Crippen molar-refractivity contribution in [1.82, 2.24) is 5.23 Å². The summed E-state index contributed by atoms with van der Waals surface area (Å²) in [6.45, 7) is 5.16. The van der Waals surface area contributed by atoms with Crippen LogP contribution in [0.3, 0.4) is 0 Å². The summed E-state index contributed by atoms with van der Waals surface area (Å²) in [5.74, 6) is 0. The summed E-state index contributed by atoms with van der Waals surface area (Å²) in [5, 5.41) is 9.71. The van der Waals surface area contributed by atoms with Crippen LogP contribution in [0.5, 0.6) is 0 Å². The molecule has 68 valence electrons. The molecule has 3 nitrogen and oxygen atoms in total. The Morgan fingerprint density at radius 1 is 1.18 bits per heavy atom. The Labute approximate surface area is 68.9 Å². The number of hydrogen-bond acceptors (Lipinski definition) is 3. The monoisotopic (exact) mass is 161 g/mol. The molecule has 0 unspecified atom stereocenters. The van der Waals surface area contributed by atoms with Gasteiger partial charge >= 0.3 is 0 Å². The second kappa shape index (κ2) is 7.98. The average Bonchev–Trinajstić information content (AvgIpc) is 2.04. The van der Waals surface area contributed by atoms with Crippen LogP contribution in [-0.2, 0) is 4.84 Å². The molecular formula is C8H19NO2. The Balaban J connectivity index is 2.89. The predicted molar refractivity (Wildman–Crippen MR) is 44.3 cm³/mol. The van der Waals surface area contributed by atoms with E-state index in [-0.39, 0.29) is 0 Å². The molecule has 0 aromatic carbocycles. The highest BCUT2D eigenvalue weighted by molar-refractivity contribution is 4.37. The fraction of sp³-hybridized carbons (Fsp3) is 1.00. The van der Waals surface area contributed by atoms with Crippen molar-refractivity contribution in [2.24, 2.45) is 0 Å². The summed E-state index contributed by atoms with van der Waals surface area (Å²) in [7, 11) is 0. The van der Waals surface area contributed by atoms with E-state index >= 15 is 0 Å². The van der Waals surface area contributed by atoms with E-state index in [1.165, 1.54) is 19.3 Å². The van der Waals surface area contributed by atoms with Crippen LogP contribution in [-0.4, -0.2) is 23.6 Å². The lowest BCUT2D eigenvalue weighted by Gasteiger charge is -2.10. The summed E-state index contributed by atoms with van der Waals surface area (Å²) in [6, 6.07) is 0. The molecule has 3 heteroatoms. The standard InChI is InChI=1S/C8H19NO2/c1-3-5-6-7-8-11-9(10)4-2/h10H,3-8H2,1-2H3. The molecule has 11 heavy (non-hydrogen) atoms. The molecule has 0 saturated heterocycles. The van der Waals surface area contributed by atoms with Crippen LogP contribution < -0.4 is 0 Å². The van der Waals surface area contributed by atoms with Gasteiger partial charge in [0.2, 0.25) is 0 Å². The molecule has 0 bridgehead atoms.